The van der Waals surface area contributed by atoms with Crippen LogP contribution in [0.5, 0.6) is 0 Å². The summed E-state index contributed by atoms with van der Waals surface area (Å²) in [5.41, 5.74) is 10.1. The Morgan fingerprint density at radius 1 is 1.13 bits per heavy atom. The van der Waals surface area contributed by atoms with E-state index in [1.165, 1.54) is 11.1 Å². The van der Waals surface area contributed by atoms with Crippen molar-refractivity contribution in [3.63, 3.8) is 0 Å². The molecule has 2 N–H and O–H groups in total. The first-order valence-electron chi connectivity index (χ1n) is 4.70. The average molecular weight is 266 g/mol. The van der Waals surface area contributed by atoms with Gasteiger partial charge in [-0.1, -0.05) is 0 Å². The number of hydrogen-bond acceptors (Lipinski definition) is 2. The second-order valence-electron chi connectivity index (χ2n) is 3.63. The van der Waals surface area contributed by atoms with Crippen LogP contribution in [-0.2, 0) is 0 Å². The van der Waals surface area contributed by atoms with Crippen molar-refractivity contribution in [2.24, 2.45) is 0 Å². The van der Waals surface area contributed by atoms with Crippen LogP contribution in [0.25, 0.3) is 11.3 Å². The van der Waals surface area contributed by atoms with E-state index >= 15 is 0 Å². The molecule has 0 saturated carbocycles. The second-order valence-corrected chi connectivity index (χ2v) is 4.41. The molecule has 0 aliphatic heterocycles. The fourth-order valence-corrected chi connectivity index (χ4v) is 1.82. The highest BCUT2D eigenvalue weighted by atomic mass is 79.9. The molecule has 0 saturated heterocycles. The number of nitrogen functional groups attached to an aromatic ring is 1. The van der Waals surface area contributed by atoms with Crippen molar-refractivity contribution in [1.82, 2.24) is 0 Å². The molecule has 78 valence electrons. The summed E-state index contributed by atoms with van der Waals surface area (Å²) >= 11 is 3.28. The summed E-state index contributed by atoms with van der Waals surface area (Å²) in [5.74, 6) is 0.794. The van der Waals surface area contributed by atoms with E-state index in [2.05, 4.69) is 28.9 Å². The summed E-state index contributed by atoms with van der Waals surface area (Å²) in [6.07, 6.45) is 0. The Kier molecular flexibility index (Phi) is 2.57. The average Bonchev–Trinajstić information content (AvgIpc) is 2.58. The molecular formula is C12H12BrNO. The third kappa shape index (κ3) is 1.92. The fourth-order valence-electron chi connectivity index (χ4n) is 1.51. The van der Waals surface area contributed by atoms with Crippen LogP contribution in [0.2, 0.25) is 0 Å². The first-order valence-corrected chi connectivity index (χ1v) is 5.49. The van der Waals surface area contributed by atoms with Crippen molar-refractivity contribution in [2.75, 3.05) is 5.73 Å². The molecule has 1 aromatic heterocycles. The second kappa shape index (κ2) is 3.74. The first kappa shape index (κ1) is 10.3. The maximum absolute atomic E-state index is 5.96. The standard InChI is InChI=1S/C12H12BrNO/c1-7-5-9(10(14)6-8(7)2)11-3-4-12(13)15-11/h3-6H,14H2,1-2H3. The Morgan fingerprint density at radius 2 is 1.80 bits per heavy atom. The summed E-state index contributed by atoms with van der Waals surface area (Å²) in [7, 11) is 0. The lowest BCUT2D eigenvalue weighted by Gasteiger charge is -2.06. The molecule has 2 aromatic rings. The van der Waals surface area contributed by atoms with Gasteiger partial charge in [-0.2, -0.15) is 0 Å². The fraction of sp³-hybridized carbons (Fsp3) is 0.167. The first-order chi connectivity index (χ1) is 7.08. The molecule has 0 aliphatic carbocycles. The number of nitrogens with two attached hydrogens (primary N) is 1. The van der Waals surface area contributed by atoms with E-state index in [1.54, 1.807) is 0 Å². The van der Waals surface area contributed by atoms with Gasteiger partial charge in [0.2, 0.25) is 0 Å². The smallest absolute Gasteiger partial charge is 0.169 e. The minimum atomic E-state index is 0.718. The molecule has 0 unspecified atom stereocenters. The SMILES string of the molecule is Cc1cc(N)c(-c2ccc(Br)o2)cc1C. The number of hydrogen-bond donors (Lipinski definition) is 1. The number of anilines is 1. The molecule has 0 atom stereocenters. The molecule has 0 amide bonds. The lowest BCUT2D eigenvalue weighted by molar-refractivity contribution is 0.556. The van der Waals surface area contributed by atoms with Crippen molar-refractivity contribution in [3.05, 3.63) is 40.1 Å². The minimum absolute atomic E-state index is 0.718. The summed E-state index contributed by atoms with van der Waals surface area (Å²) in [6.45, 7) is 4.11. The molecule has 3 heteroatoms. The normalized spacial score (nSPS) is 10.6. The highest BCUT2D eigenvalue weighted by Gasteiger charge is 2.08. The largest absolute Gasteiger partial charge is 0.449 e. The topological polar surface area (TPSA) is 39.2 Å². The quantitative estimate of drug-likeness (QED) is 0.795. The number of benzene rings is 1. The third-order valence-electron chi connectivity index (χ3n) is 2.50. The van der Waals surface area contributed by atoms with Gasteiger partial charge in [0.1, 0.15) is 5.76 Å². The summed E-state index contributed by atoms with van der Waals surface area (Å²) in [6, 6.07) is 7.80. The predicted octanol–water partition coefficient (Wildman–Crippen LogP) is 3.91. The van der Waals surface area contributed by atoms with Gasteiger partial charge in [-0.25, -0.2) is 0 Å². The molecule has 1 aromatic carbocycles. The molecule has 1 heterocycles. The van der Waals surface area contributed by atoms with Crippen molar-refractivity contribution in [2.45, 2.75) is 13.8 Å². The summed E-state index contributed by atoms with van der Waals surface area (Å²) in [4.78, 5) is 0. The summed E-state index contributed by atoms with van der Waals surface area (Å²) < 4.78 is 6.20. The van der Waals surface area contributed by atoms with Crippen LogP contribution in [0.1, 0.15) is 11.1 Å². The van der Waals surface area contributed by atoms with Crippen LogP contribution in [0.15, 0.2) is 33.4 Å². The zero-order valence-electron chi connectivity index (χ0n) is 8.67. The number of rotatable bonds is 1. The Morgan fingerprint density at radius 3 is 2.40 bits per heavy atom. The van der Waals surface area contributed by atoms with Crippen LogP contribution in [0.4, 0.5) is 5.69 Å². The van der Waals surface area contributed by atoms with Gasteiger partial charge in [0.15, 0.2) is 4.67 Å². The van der Waals surface area contributed by atoms with Gasteiger partial charge in [0.05, 0.1) is 0 Å². The van der Waals surface area contributed by atoms with Crippen molar-refractivity contribution >= 4 is 21.6 Å². The van der Waals surface area contributed by atoms with E-state index in [0.717, 1.165) is 21.7 Å². The zero-order valence-corrected chi connectivity index (χ0v) is 10.3. The number of furan rings is 1. The van der Waals surface area contributed by atoms with Crippen LogP contribution in [0, 0.1) is 13.8 Å². The van der Waals surface area contributed by atoms with Crippen LogP contribution in [0.3, 0.4) is 0 Å². The Bertz CT molecular complexity index is 502. The molecule has 0 spiro atoms. The molecule has 2 nitrogen and oxygen atoms in total. The van der Waals surface area contributed by atoms with Gasteiger partial charge < -0.3 is 10.2 Å². The van der Waals surface area contributed by atoms with Gasteiger partial charge in [0, 0.05) is 11.3 Å². The van der Waals surface area contributed by atoms with E-state index in [9.17, 15) is 0 Å². The molecule has 15 heavy (non-hydrogen) atoms. The van der Waals surface area contributed by atoms with Gasteiger partial charge in [-0.3, -0.25) is 0 Å². The molecule has 0 bridgehead atoms. The van der Waals surface area contributed by atoms with Crippen molar-refractivity contribution in [3.8, 4) is 11.3 Å². The van der Waals surface area contributed by atoms with Crippen LogP contribution >= 0.6 is 15.9 Å². The van der Waals surface area contributed by atoms with Gasteiger partial charge in [-0.15, -0.1) is 0 Å². The molecular weight excluding hydrogens is 254 g/mol. The van der Waals surface area contributed by atoms with Crippen molar-refractivity contribution in [1.29, 1.82) is 0 Å². The Balaban J connectivity index is 2.58. The Labute approximate surface area is 97.2 Å². The minimum Gasteiger partial charge on any atom is -0.449 e. The molecule has 0 aliphatic rings. The highest BCUT2D eigenvalue weighted by Crippen LogP contribution is 2.31. The maximum atomic E-state index is 5.96. The van der Waals surface area contributed by atoms with E-state index < -0.39 is 0 Å². The van der Waals surface area contributed by atoms with E-state index in [-0.39, 0.29) is 0 Å². The third-order valence-corrected chi connectivity index (χ3v) is 2.93. The maximum Gasteiger partial charge on any atom is 0.169 e. The van der Waals surface area contributed by atoms with E-state index in [4.69, 9.17) is 10.2 Å². The number of aryl methyl sites for hydroxylation is 2. The zero-order chi connectivity index (χ0) is 11.0. The van der Waals surface area contributed by atoms with Crippen LogP contribution < -0.4 is 5.73 Å². The number of halogens is 1. The monoisotopic (exact) mass is 265 g/mol. The molecule has 0 fully saturated rings. The summed E-state index contributed by atoms with van der Waals surface area (Å²) in [5, 5.41) is 0. The van der Waals surface area contributed by atoms with E-state index in [1.807, 2.05) is 25.1 Å². The van der Waals surface area contributed by atoms with Gasteiger partial charge in [0.25, 0.3) is 0 Å². The molecule has 0 radical (unpaired) electrons. The van der Waals surface area contributed by atoms with Gasteiger partial charge in [-0.05, 0) is 65.2 Å². The highest BCUT2D eigenvalue weighted by molar-refractivity contribution is 9.10. The lowest BCUT2D eigenvalue weighted by Crippen LogP contribution is -1.92. The van der Waals surface area contributed by atoms with Gasteiger partial charge >= 0.3 is 0 Å². The lowest BCUT2D eigenvalue weighted by atomic mass is 10.0. The Hall–Kier alpha value is -1.22. The van der Waals surface area contributed by atoms with Crippen molar-refractivity contribution < 1.29 is 4.42 Å². The predicted molar refractivity (Wildman–Crippen MR) is 65.7 cm³/mol. The van der Waals surface area contributed by atoms with E-state index in [0.29, 0.717) is 0 Å². The molecule has 2 rings (SSSR count). The van der Waals surface area contributed by atoms with Crippen LogP contribution in [-0.4, -0.2) is 0 Å².